The van der Waals surface area contributed by atoms with Crippen molar-refractivity contribution >= 4 is 22.7 Å². The number of benzene rings is 1. The summed E-state index contributed by atoms with van der Waals surface area (Å²) in [4.78, 5) is 3.81. The Kier molecular flexibility index (Phi) is 3.21. The molecule has 0 aliphatic heterocycles. The molecular formula is C8H10N3O2S-. The van der Waals surface area contributed by atoms with Crippen molar-refractivity contribution in [3.05, 3.63) is 23.8 Å². The molecule has 0 aliphatic carbocycles. The third-order valence-electron chi connectivity index (χ3n) is 1.54. The zero-order chi connectivity index (χ0) is 10.7. The van der Waals surface area contributed by atoms with E-state index in [-0.39, 0.29) is 16.5 Å². The van der Waals surface area contributed by atoms with Crippen LogP contribution in [0.5, 0.6) is 0 Å². The third kappa shape index (κ3) is 2.54. The molecule has 0 radical (unpaired) electrons. The molecule has 0 spiro atoms. The second-order valence-electron chi connectivity index (χ2n) is 2.74. The number of nitrogens with two attached hydrogens (primary N) is 2. The molecule has 1 atom stereocenters. The fourth-order valence-corrected chi connectivity index (χ4v) is 1.45. The number of nitrogens with zero attached hydrogens (tertiary/aromatic N) is 1. The first-order valence-corrected chi connectivity index (χ1v) is 4.87. The van der Waals surface area contributed by atoms with Gasteiger partial charge in [0.2, 0.25) is 0 Å². The largest absolute Gasteiger partial charge is 0.768 e. The van der Waals surface area contributed by atoms with Crippen LogP contribution in [0.25, 0.3) is 0 Å². The molecule has 6 heteroatoms. The monoisotopic (exact) mass is 212 g/mol. The Balaban J connectivity index is 3.30. The van der Waals surface area contributed by atoms with Gasteiger partial charge in [0.05, 0.1) is 10.6 Å². The molecule has 0 aliphatic rings. The number of aryl methyl sites for hydroxylation is 1. The summed E-state index contributed by atoms with van der Waals surface area (Å²) in [5.74, 6) is -0.165. The van der Waals surface area contributed by atoms with Crippen LogP contribution in [0.1, 0.15) is 5.56 Å². The Morgan fingerprint density at radius 3 is 2.64 bits per heavy atom. The van der Waals surface area contributed by atoms with E-state index in [2.05, 4.69) is 4.99 Å². The molecule has 0 saturated carbocycles. The Bertz CT molecular complexity index is 400. The van der Waals surface area contributed by atoms with E-state index >= 15 is 0 Å². The predicted molar refractivity (Wildman–Crippen MR) is 53.8 cm³/mol. The highest BCUT2D eigenvalue weighted by atomic mass is 32.2. The van der Waals surface area contributed by atoms with Crippen molar-refractivity contribution in [1.82, 2.24) is 0 Å². The second kappa shape index (κ2) is 4.21. The summed E-state index contributed by atoms with van der Waals surface area (Å²) in [7, 11) is 0. The Morgan fingerprint density at radius 1 is 1.50 bits per heavy atom. The molecule has 5 nitrogen and oxygen atoms in total. The minimum absolute atomic E-state index is 0.0870. The van der Waals surface area contributed by atoms with Crippen molar-refractivity contribution in [2.75, 3.05) is 0 Å². The van der Waals surface area contributed by atoms with Gasteiger partial charge in [0, 0.05) is 0 Å². The van der Waals surface area contributed by atoms with Crippen LogP contribution >= 0.6 is 0 Å². The van der Waals surface area contributed by atoms with Crippen molar-refractivity contribution in [2.24, 2.45) is 16.5 Å². The molecule has 14 heavy (non-hydrogen) atoms. The van der Waals surface area contributed by atoms with Gasteiger partial charge in [0.15, 0.2) is 5.96 Å². The van der Waals surface area contributed by atoms with Crippen LogP contribution in [-0.4, -0.2) is 14.7 Å². The van der Waals surface area contributed by atoms with Crippen LogP contribution in [-0.2, 0) is 11.1 Å². The zero-order valence-electron chi connectivity index (χ0n) is 7.56. The minimum atomic E-state index is -2.33. The number of guanidine groups is 1. The van der Waals surface area contributed by atoms with Gasteiger partial charge in [0.25, 0.3) is 0 Å². The first kappa shape index (κ1) is 10.7. The van der Waals surface area contributed by atoms with E-state index in [9.17, 15) is 8.76 Å². The van der Waals surface area contributed by atoms with E-state index in [1.165, 1.54) is 6.07 Å². The summed E-state index contributed by atoms with van der Waals surface area (Å²) in [6, 6.07) is 4.74. The lowest BCUT2D eigenvalue weighted by atomic mass is 10.2. The van der Waals surface area contributed by atoms with Crippen LogP contribution in [0.4, 0.5) is 5.69 Å². The molecule has 0 bridgehead atoms. The van der Waals surface area contributed by atoms with Crippen LogP contribution < -0.4 is 11.5 Å². The van der Waals surface area contributed by atoms with Gasteiger partial charge in [-0.05, 0) is 35.7 Å². The Hall–Kier alpha value is -1.40. The highest BCUT2D eigenvalue weighted by Crippen LogP contribution is 2.23. The number of rotatable bonds is 2. The number of hydrogen-bond donors (Lipinski definition) is 2. The highest BCUT2D eigenvalue weighted by molar-refractivity contribution is 7.79. The summed E-state index contributed by atoms with van der Waals surface area (Å²) < 4.78 is 21.5. The lowest BCUT2D eigenvalue weighted by molar-refractivity contribution is 0.537. The van der Waals surface area contributed by atoms with Crippen molar-refractivity contribution < 1.29 is 8.76 Å². The van der Waals surface area contributed by atoms with Gasteiger partial charge in [-0.25, -0.2) is 4.99 Å². The average molecular weight is 212 g/mol. The van der Waals surface area contributed by atoms with Gasteiger partial charge in [-0.2, -0.15) is 0 Å². The van der Waals surface area contributed by atoms with Crippen LogP contribution in [0.15, 0.2) is 28.1 Å². The molecule has 0 heterocycles. The lowest BCUT2D eigenvalue weighted by Crippen LogP contribution is -2.22. The smallest absolute Gasteiger partial charge is 0.191 e. The molecule has 0 fully saturated rings. The number of hydrogen-bond acceptors (Lipinski definition) is 3. The molecule has 0 amide bonds. The molecule has 1 unspecified atom stereocenters. The normalized spacial score (nSPS) is 12.1. The maximum absolute atomic E-state index is 10.8. The van der Waals surface area contributed by atoms with Gasteiger partial charge in [0.1, 0.15) is 0 Å². The Labute approximate surface area is 84.1 Å². The van der Waals surface area contributed by atoms with Crippen LogP contribution in [0.2, 0.25) is 0 Å². The van der Waals surface area contributed by atoms with E-state index < -0.39 is 11.1 Å². The molecule has 1 aromatic rings. The molecule has 0 saturated heterocycles. The fraction of sp³-hybridized carbons (Fsp3) is 0.125. The highest BCUT2D eigenvalue weighted by Gasteiger charge is 2.02. The van der Waals surface area contributed by atoms with Gasteiger partial charge in [-0.15, -0.1) is 0 Å². The van der Waals surface area contributed by atoms with Gasteiger partial charge in [-0.3, -0.25) is 4.21 Å². The second-order valence-corrected chi connectivity index (χ2v) is 3.65. The molecule has 4 N–H and O–H groups in total. The summed E-state index contributed by atoms with van der Waals surface area (Å²) in [6.45, 7) is 1.82. The maximum atomic E-state index is 10.8. The van der Waals surface area contributed by atoms with E-state index in [1.54, 1.807) is 12.1 Å². The molecule has 0 aromatic heterocycles. The van der Waals surface area contributed by atoms with E-state index in [0.29, 0.717) is 0 Å². The predicted octanol–water partition coefficient (Wildman–Crippen LogP) is 0.138. The minimum Gasteiger partial charge on any atom is -0.768 e. The summed E-state index contributed by atoms with van der Waals surface area (Å²) in [6.07, 6.45) is 0. The SMILES string of the molecule is Cc1ccc(S(=O)[O-])c(N=C(N)N)c1. The van der Waals surface area contributed by atoms with E-state index in [1.807, 2.05) is 6.92 Å². The summed E-state index contributed by atoms with van der Waals surface area (Å²) in [5, 5.41) is 0. The maximum Gasteiger partial charge on any atom is 0.191 e. The summed E-state index contributed by atoms with van der Waals surface area (Å²) >= 11 is -2.33. The van der Waals surface area contributed by atoms with Crippen LogP contribution in [0, 0.1) is 6.92 Å². The molecule has 1 rings (SSSR count). The zero-order valence-corrected chi connectivity index (χ0v) is 8.38. The first-order chi connectivity index (χ1) is 6.50. The van der Waals surface area contributed by atoms with Crippen molar-refractivity contribution in [1.29, 1.82) is 0 Å². The first-order valence-electron chi connectivity index (χ1n) is 3.80. The van der Waals surface area contributed by atoms with Crippen LogP contribution in [0.3, 0.4) is 0 Å². The van der Waals surface area contributed by atoms with E-state index in [4.69, 9.17) is 11.5 Å². The molecule has 1 aromatic carbocycles. The standard InChI is InChI=1S/C8H11N3O2S/c1-5-2-3-7(14(12)13)6(4-5)11-8(9)10/h2-4H,1H3,(H,12,13)(H4,9,10,11)/p-1. The van der Waals surface area contributed by atoms with Crippen molar-refractivity contribution in [3.8, 4) is 0 Å². The summed E-state index contributed by atoms with van der Waals surface area (Å²) in [5.41, 5.74) is 11.5. The van der Waals surface area contributed by atoms with E-state index in [0.717, 1.165) is 5.56 Å². The quantitative estimate of drug-likeness (QED) is 0.413. The lowest BCUT2D eigenvalue weighted by Gasteiger charge is -2.09. The fourth-order valence-electron chi connectivity index (χ4n) is 0.995. The number of aliphatic imine (C=N–C) groups is 1. The molecular weight excluding hydrogens is 202 g/mol. The molecule has 76 valence electrons. The topological polar surface area (TPSA) is 105 Å². The van der Waals surface area contributed by atoms with Crippen molar-refractivity contribution in [2.45, 2.75) is 11.8 Å². The van der Waals surface area contributed by atoms with Gasteiger partial charge in [-0.1, -0.05) is 6.07 Å². The average Bonchev–Trinajstić information content (AvgIpc) is 2.01. The van der Waals surface area contributed by atoms with Gasteiger partial charge >= 0.3 is 0 Å². The van der Waals surface area contributed by atoms with Crippen molar-refractivity contribution in [3.63, 3.8) is 0 Å². The van der Waals surface area contributed by atoms with Gasteiger partial charge < -0.3 is 16.0 Å². The third-order valence-corrected chi connectivity index (χ3v) is 2.25. The Morgan fingerprint density at radius 2 is 2.14 bits per heavy atom.